The molecule has 0 saturated carbocycles. The lowest BCUT2D eigenvalue weighted by atomic mass is 9.98. The van der Waals surface area contributed by atoms with Gasteiger partial charge in [-0.05, 0) is 49.9 Å². The number of carboxylic acids is 1. The molecule has 0 radical (unpaired) electrons. The quantitative estimate of drug-likeness (QED) is 0.612. The van der Waals surface area contributed by atoms with Gasteiger partial charge in [-0.1, -0.05) is 32.1 Å². The van der Waals surface area contributed by atoms with Crippen molar-refractivity contribution >= 4 is 17.6 Å². The van der Waals surface area contributed by atoms with E-state index in [1.165, 1.54) is 12.1 Å². The van der Waals surface area contributed by atoms with E-state index in [2.05, 4.69) is 25.7 Å². The summed E-state index contributed by atoms with van der Waals surface area (Å²) in [7, 11) is 0. The molecule has 2 N–H and O–H groups in total. The highest BCUT2D eigenvalue weighted by atomic mass is 16.4. The third kappa shape index (κ3) is 4.58. The van der Waals surface area contributed by atoms with Gasteiger partial charge in [-0.15, -0.1) is 0 Å². The van der Waals surface area contributed by atoms with E-state index in [-0.39, 0.29) is 11.5 Å². The molecule has 0 aliphatic heterocycles. The molecule has 1 rings (SSSR count). The van der Waals surface area contributed by atoms with Crippen LogP contribution in [0.2, 0.25) is 0 Å². The summed E-state index contributed by atoms with van der Waals surface area (Å²) in [4.78, 5) is 23.1. The first-order valence-electron chi connectivity index (χ1n) is 7.28. The van der Waals surface area contributed by atoms with Gasteiger partial charge in [0.1, 0.15) is 0 Å². The number of anilines is 1. The zero-order valence-corrected chi connectivity index (χ0v) is 13.6. The minimum atomic E-state index is -0.984. The highest BCUT2D eigenvalue weighted by molar-refractivity contribution is 6.04. The van der Waals surface area contributed by atoms with Crippen molar-refractivity contribution in [3.63, 3.8) is 0 Å². The Hall–Kier alpha value is -2.36. The van der Waals surface area contributed by atoms with E-state index in [1.807, 2.05) is 0 Å². The molecule has 0 spiro atoms. The number of carbonyl (C=O) groups is 2. The second-order valence-electron chi connectivity index (χ2n) is 5.50. The number of aromatic carboxylic acids is 1. The number of allylic oxidation sites excluding steroid dienone is 2. The summed E-state index contributed by atoms with van der Waals surface area (Å²) in [6, 6.07) is 4.62. The van der Waals surface area contributed by atoms with Gasteiger partial charge in [0.15, 0.2) is 0 Å². The number of nitrogens with one attached hydrogen (secondary N) is 1. The summed E-state index contributed by atoms with van der Waals surface area (Å²) in [5.41, 5.74) is 3.02. The number of amides is 1. The summed E-state index contributed by atoms with van der Waals surface area (Å²) < 4.78 is 0. The predicted octanol–water partition coefficient (Wildman–Crippen LogP) is 4.18. The summed E-state index contributed by atoms with van der Waals surface area (Å²) >= 11 is 0. The third-order valence-electron chi connectivity index (χ3n) is 3.73. The first-order chi connectivity index (χ1) is 10.3. The average molecular weight is 301 g/mol. The van der Waals surface area contributed by atoms with Crippen LogP contribution in [0.3, 0.4) is 0 Å². The second kappa shape index (κ2) is 7.59. The zero-order chi connectivity index (χ0) is 16.9. The molecular formula is C18H23NO3. The van der Waals surface area contributed by atoms with Crippen molar-refractivity contribution in [3.05, 3.63) is 53.1 Å². The van der Waals surface area contributed by atoms with Crippen molar-refractivity contribution in [1.29, 1.82) is 0 Å². The van der Waals surface area contributed by atoms with Crippen LogP contribution in [-0.2, 0) is 4.79 Å². The van der Waals surface area contributed by atoms with Crippen molar-refractivity contribution in [2.45, 2.75) is 34.1 Å². The highest BCUT2D eigenvalue weighted by Crippen LogP contribution is 2.19. The Labute approximate surface area is 131 Å². The molecule has 1 aromatic rings. The Balaban J connectivity index is 2.87. The van der Waals surface area contributed by atoms with Gasteiger partial charge in [0.25, 0.3) is 5.91 Å². The van der Waals surface area contributed by atoms with Crippen LogP contribution in [0.1, 0.15) is 43.1 Å². The summed E-state index contributed by atoms with van der Waals surface area (Å²) in [6.07, 6.45) is 2.77. The lowest BCUT2D eigenvalue weighted by molar-refractivity contribution is -0.112. The normalized spacial score (nSPS) is 12.6. The average Bonchev–Trinajstić information content (AvgIpc) is 2.47. The molecule has 0 fully saturated rings. The highest BCUT2D eigenvalue weighted by Gasteiger charge is 2.11. The van der Waals surface area contributed by atoms with Crippen molar-refractivity contribution < 1.29 is 14.7 Å². The molecule has 1 amide bonds. The SMILES string of the molecule is C=C(/C=C(\C)C(=O)Nc1ccc(C(=O)O)cc1C)C(C)CC. The number of benzene rings is 1. The van der Waals surface area contributed by atoms with Crippen LogP contribution in [0.4, 0.5) is 5.69 Å². The number of hydrogen-bond donors (Lipinski definition) is 2. The Kier molecular flexibility index (Phi) is 6.11. The predicted molar refractivity (Wildman–Crippen MR) is 89.1 cm³/mol. The smallest absolute Gasteiger partial charge is 0.335 e. The summed E-state index contributed by atoms with van der Waals surface area (Å²) in [5, 5.41) is 11.7. The van der Waals surface area contributed by atoms with E-state index < -0.39 is 5.97 Å². The van der Waals surface area contributed by atoms with E-state index >= 15 is 0 Å². The minimum absolute atomic E-state index is 0.202. The van der Waals surface area contributed by atoms with Gasteiger partial charge in [-0.3, -0.25) is 4.79 Å². The van der Waals surface area contributed by atoms with Crippen LogP contribution in [0, 0.1) is 12.8 Å². The molecule has 1 unspecified atom stereocenters. The molecule has 0 aliphatic carbocycles. The maximum atomic E-state index is 12.2. The van der Waals surface area contributed by atoms with E-state index in [0.29, 0.717) is 22.7 Å². The van der Waals surface area contributed by atoms with Crippen LogP contribution in [0.15, 0.2) is 42.0 Å². The first kappa shape index (κ1) is 17.7. The number of aryl methyl sites for hydroxylation is 1. The topological polar surface area (TPSA) is 66.4 Å². The van der Waals surface area contributed by atoms with Gasteiger partial charge in [-0.25, -0.2) is 4.79 Å². The molecule has 1 atom stereocenters. The van der Waals surface area contributed by atoms with Gasteiger partial charge in [-0.2, -0.15) is 0 Å². The second-order valence-corrected chi connectivity index (χ2v) is 5.50. The molecule has 4 heteroatoms. The largest absolute Gasteiger partial charge is 0.478 e. The van der Waals surface area contributed by atoms with Gasteiger partial charge in [0, 0.05) is 11.3 Å². The number of rotatable bonds is 6. The Morgan fingerprint density at radius 1 is 1.41 bits per heavy atom. The Morgan fingerprint density at radius 2 is 2.05 bits per heavy atom. The van der Waals surface area contributed by atoms with Gasteiger partial charge < -0.3 is 10.4 Å². The number of hydrogen-bond acceptors (Lipinski definition) is 2. The van der Waals surface area contributed by atoms with Crippen molar-refractivity contribution in [2.75, 3.05) is 5.32 Å². The Morgan fingerprint density at radius 3 is 2.55 bits per heavy atom. The summed E-state index contributed by atoms with van der Waals surface area (Å²) in [6.45, 7) is 11.6. The lowest BCUT2D eigenvalue weighted by Gasteiger charge is -2.12. The standard InChI is InChI=1S/C18H23NO3/c1-6-11(2)12(3)9-14(5)17(20)19-16-8-7-15(18(21)22)10-13(16)4/h7-11H,3,6H2,1-2,4-5H3,(H,19,20)(H,21,22)/b14-9+. The molecule has 0 bridgehead atoms. The number of carboxylic acid groups (broad SMARTS) is 1. The number of carbonyl (C=O) groups excluding carboxylic acids is 1. The molecule has 4 nitrogen and oxygen atoms in total. The van der Waals surface area contributed by atoms with E-state index in [9.17, 15) is 9.59 Å². The fraction of sp³-hybridized carbons (Fsp3) is 0.333. The molecular weight excluding hydrogens is 278 g/mol. The van der Waals surface area contributed by atoms with Crippen LogP contribution in [0.5, 0.6) is 0 Å². The van der Waals surface area contributed by atoms with Crippen molar-refractivity contribution in [2.24, 2.45) is 5.92 Å². The third-order valence-corrected chi connectivity index (χ3v) is 3.73. The van der Waals surface area contributed by atoms with E-state index in [0.717, 1.165) is 12.0 Å². The maximum absolute atomic E-state index is 12.2. The van der Waals surface area contributed by atoms with Crippen molar-refractivity contribution in [3.8, 4) is 0 Å². The Bertz CT molecular complexity index is 629. The lowest BCUT2D eigenvalue weighted by Crippen LogP contribution is -2.14. The van der Waals surface area contributed by atoms with Gasteiger partial charge in [0.2, 0.25) is 0 Å². The molecule has 0 heterocycles. The van der Waals surface area contributed by atoms with Crippen LogP contribution in [0.25, 0.3) is 0 Å². The monoisotopic (exact) mass is 301 g/mol. The van der Waals surface area contributed by atoms with Crippen LogP contribution in [-0.4, -0.2) is 17.0 Å². The molecule has 0 aromatic heterocycles. The fourth-order valence-corrected chi connectivity index (χ4v) is 1.91. The van der Waals surface area contributed by atoms with Gasteiger partial charge in [0.05, 0.1) is 5.56 Å². The van der Waals surface area contributed by atoms with Crippen molar-refractivity contribution in [1.82, 2.24) is 0 Å². The fourth-order valence-electron chi connectivity index (χ4n) is 1.91. The molecule has 118 valence electrons. The molecule has 0 aliphatic rings. The maximum Gasteiger partial charge on any atom is 0.335 e. The van der Waals surface area contributed by atoms with E-state index in [1.54, 1.807) is 26.0 Å². The molecule has 0 saturated heterocycles. The van der Waals surface area contributed by atoms with Crippen LogP contribution >= 0.6 is 0 Å². The minimum Gasteiger partial charge on any atom is -0.478 e. The van der Waals surface area contributed by atoms with Crippen LogP contribution < -0.4 is 5.32 Å². The zero-order valence-electron chi connectivity index (χ0n) is 13.6. The van der Waals surface area contributed by atoms with E-state index in [4.69, 9.17) is 5.11 Å². The molecule has 1 aromatic carbocycles. The summed E-state index contributed by atoms with van der Waals surface area (Å²) in [5.74, 6) is -0.864. The van der Waals surface area contributed by atoms with Gasteiger partial charge >= 0.3 is 5.97 Å². The first-order valence-corrected chi connectivity index (χ1v) is 7.28. The molecule has 22 heavy (non-hydrogen) atoms.